The molecule has 0 aliphatic carbocycles. The van der Waals surface area contributed by atoms with Crippen molar-refractivity contribution < 1.29 is 18.7 Å². The fourth-order valence-corrected chi connectivity index (χ4v) is 2.29. The molecule has 0 saturated heterocycles. The van der Waals surface area contributed by atoms with Gasteiger partial charge in [-0.3, -0.25) is 10.1 Å². The van der Waals surface area contributed by atoms with Crippen molar-refractivity contribution in [2.45, 2.75) is 0 Å². The number of nitrogens with one attached hydrogen (secondary N) is 1. The quantitative estimate of drug-likeness (QED) is 0.795. The van der Waals surface area contributed by atoms with Gasteiger partial charge in [0.15, 0.2) is 5.43 Å². The summed E-state index contributed by atoms with van der Waals surface area (Å²) in [5, 5.41) is 3.02. The fourth-order valence-electron chi connectivity index (χ4n) is 2.29. The zero-order valence-corrected chi connectivity index (χ0v) is 13.2. The lowest BCUT2D eigenvalue weighted by Crippen LogP contribution is -2.10. The van der Waals surface area contributed by atoms with E-state index in [0.717, 1.165) is 5.56 Å². The molecule has 1 amide bonds. The number of fused-ring (bicyclic) bond motifs is 1. The van der Waals surface area contributed by atoms with Crippen LogP contribution in [-0.4, -0.2) is 20.3 Å². The molecule has 1 aromatic heterocycles. The van der Waals surface area contributed by atoms with Crippen molar-refractivity contribution in [1.29, 1.82) is 0 Å². The van der Waals surface area contributed by atoms with Crippen LogP contribution in [-0.2, 0) is 4.74 Å². The predicted octanol–water partition coefficient (Wildman–Crippen LogP) is 3.65. The summed E-state index contributed by atoms with van der Waals surface area (Å²) >= 11 is 0. The van der Waals surface area contributed by atoms with Crippen LogP contribution in [0.5, 0.6) is 5.75 Å². The Morgan fingerprint density at radius 3 is 2.46 bits per heavy atom. The molecular formula is C18H15NO5. The molecule has 0 aliphatic heterocycles. The normalized spacial score (nSPS) is 10.4. The van der Waals surface area contributed by atoms with Gasteiger partial charge in [0, 0.05) is 17.3 Å². The van der Waals surface area contributed by atoms with Crippen LogP contribution in [0, 0.1) is 0 Å². The van der Waals surface area contributed by atoms with E-state index in [9.17, 15) is 9.59 Å². The van der Waals surface area contributed by atoms with Gasteiger partial charge < -0.3 is 13.9 Å². The first-order chi connectivity index (χ1) is 11.6. The summed E-state index contributed by atoms with van der Waals surface area (Å²) in [7, 11) is 2.84. The van der Waals surface area contributed by atoms with Gasteiger partial charge in [-0.2, -0.15) is 0 Å². The highest BCUT2D eigenvalue weighted by atomic mass is 16.5. The molecule has 0 unspecified atom stereocenters. The summed E-state index contributed by atoms with van der Waals surface area (Å²) in [4.78, 5) is 23.5. The Bertz CT molecular complexity index is 944. The van der Waals surface area contributed by atoms with Gasteiger partial charge in [0.2, 0.25) is 0 Å². The Balaban J connectivity index is 1.97. The van der Waals surface area contributed by atoms with E-state index in [4.69, 9.17) is 9.15 Å². The second-order valence-electron chi connectivity index (χ2n) is 5.03. The van der Waals surface area contributed by atoms with Crippen LogP contribution < -0.4 is 15.5 Å². The molecule has 0 saturated carbocycles. The SMILES string of the molecule is COC(=O)Nc1ccc(-c2cc(=O)c3cc(OC)ccc3o2)cc1. The number of hydrogen-bond donors (Lipinski definition) is 1. The number of rotatable bonds is 3. The zero-order chi connectivity index (χ0) is 17.1. The smallest absolute Gasteiger partial charge is 0.411 e. The van der Waals surface area contributed by atoms with E-state index in [-0.39, 0.29) is 5.43 Å². The second-order valence-corrected chi connectivity index (χ2v) is 5.03. The minimum atomic E-state index is -0.547. The molecule has 3 aromatic rings. The standard InChI is InChI=1S/C18H15NO5/c1-22-13-7-8-16-14(9-13)15(20)10-17(24-16)11-3-5-12(6-4-11)19-18(21)23-2/h3-10H,1-2H3,(H,19,21). The number of benzene rings is 2. The Kier molecular flexibility index (Phi) is 4.20. The molecule has 2 aromatic carbocycles. The molecule has 0 spiro atoms. The van der Waals surface area contributed by atoms with Crippen molar-refractivity contribution >= 4 is 22.7 Å². The number of carbonyl (C=O) groups excluding carboxylic acids is 1. The third kappa shape index (κ3) is 3.08. The molecule has 24 heavy (non-hydrogen) atoms. The topological polar surface area (TPSA) is 77.8 Å². The monoisotopic (exact) mass is 325 g/mol. The average Bonchev–Trinajstić information content (AvgIpc) is 2.62. The van der Waals surface area contributed by atoms with Gasteiger partial charge in [-0.15, -0.1) is 0 Å². The lowest BCUT2D eigenvalue weighted by atomic mass is 10.1. The minimum Gasteiger partial charge on any atom is -0.497 e. The first-order valence-corrected chi connectivity index (χ1v) is 7.18. The van der Waals surface area contributed by atoms with Crippen LogP contribution in [0.15, 0.2) is 57.7 Å². The lowest BCUT2D eigenvalue weighted by molar-refractivity contribution is 0.187. The van der Waals surface area contributed by atoms with Crippen LogP contribution in [0.25, 0.3) is 22.3 Å². The van der Waals surface area contributed by atoms with Crippen molar-refractivity contribution in [3.63, 3.8) is 0 Å². The molecule has 6 nitrogen and oxygen atoms in total. The molecule has 0 bridgehead atoms. The molecule has 6 heteroatoms. The molecule has 0 fully saturated rings. The van der Waals surface area contributed by atoms with Gasteiger partial charge >= 0.3 is 6.09 Å². The van der Waals surface area contributed by atoms with Gasteiger partial charge in [0.1, 0.15) is 17.1 Å². The van der Waals surface area contributed by atoms with Gasteiger partial charge in [0.05, 0.1) is 19.6 Å². The molecule has 122 valence electrons. The third-order valence-corrected chi connectivity index (χ3v) is 3.54. The van der Waals surface area contributed by atoms with Crippen molar-refractivity contribution in [2.75, 3.05) is 19.5 Å². The largest absolute Gasteiger partial charge is 0.497 e. The first kappa shape index (κ1) is 15.6. The Morgan fingerprint density at radius 2 is 1.79 bits per heavy atom. The van der Waals surface area contributed by atoms with E-state index in [1.54, 1.807) is 49.6 Å². The summed E-state index contributed by atoms with van der Waals surface area (Å²) < 4.78 is 15.5. The van der Waals surface area contributed by atoms with E-state index in [2.05, 4.69) is 10.1 Å². The van der Waals surface area contributed by atoms with Crippen molar-refractivity contribution in [1.82, 2.24) is 0 Å². The Morgan fingerprint density at radius 1 is 1.04 bits per heavy atom. The maximum absolute atomic E-state index is 12.3. The molecule has 0 atom stereocenters. The minimum absolute atomic E-state index is 0.151. The number of carbonyl (C=O) groups is 1. The number of anilines is 1. The summed E-state index contributed by atoms with van der Waals surface area (Å²) in [6.07, 6.45) is -0.547. The zero-order valence-electron chi connectivity index (χ0n) is 13.2. The average molecular weight is 325 g/mol. The molecule has 0 radical (unpaired) electrons. The fraction of sp³-hybridized carbons (Fsp3) is 0.111. The summed E-state index contributed by atoms with van der Waals surface area (Å²) in [6, 6.07) is 13.4. The highest BCUT2D eigenvalue weighted by Crippen LogP contribution is 2.25. The van der Waals surface area contributed by atoms with E-state index in [1.807, 2.05) is 0 Å². The highest BCUT2D eigenvalue weighted by Gasteiger charge is 2.09. The second kappa shape index (κ2) is 6.45. The first-order valence-electron chi connectivity index (χ1n) is 7.18. The number of hydrogen-bond acceptors (Lipinski definition) is 5. The van der Waals surface area contributed by atoms with Crippen molar-refractivity contribution in [2.24, 2.45) is 0 Å². The molecule has 1 N–H and O–H groups in total. The lowest BCUT2D eigenvalue weighted by Gasteiger charge is -2.07. The van der Waals surface area contributed by atoms with Gasteiger partial charge in [-0.1, -0.05) is 0 Å². The molecule has 0 aliphatic rings. The highest BCUT2D eigenvalue weighted by molar-refractivity contribution is 5.85. The maximum atomic E-state index is 12.3. The molecular weight excluding hydrogens is 310 g/mol. The molecule has 1 heterocycles. The molecule has 3 rings (SSSR count). The number of amides is 1. The van der Waals surface area contributed by atoms with E-state index in [1.165, 1.54) is 13.2 Å². The Labute approximate surface area is 137 Å². The van der Waals surface area contributed by atoms with Crippen LogP contribution >= 0.6 is 0 Å². The summed E-state index contributed by atoms with van der Waals surface area (Å²) in [5.74, 6) is 1.04. The summed E-state index contributed by atoms with van der Waals surface area (Å²) in [5.41, 5.74) is 1.63. The van der Waals surface area contributed by atoms with Crippen LogP contribution in [0.4, 0.5) is 10.5 Å². The van der Waals surface area contributed by atoms with Crippen molar-refractivity contribution in [3.8, 4) is 17.1 Å². The van der Waals surface area contributed by atoms with E-state index < -0.39 is 6.09 Å². The van der Waals surface area contributed by atoms with Crippen LogP contribution in [0.2, 0.25) is 0 Å². The van der Waals surface area contributed by atoms with Crippen LogP contribution in [0.3, 0.4) is 0 Å². The van der Waals surface area contributed by atoms with E-state index in [0.29, 0.717) is 28.2 Å². The van der Waals surface area contributed by atoms with Gasteiger partial charge in [0.25, 0.3) is 0 Å². The predicted molar refractivity (Wildman–Crippen MR) is 90.5 cm³/mol. The summed E-state index contributed by atoms with van der Waals surface area (Å²) in [6.45, 7) is 0. The van der Waals surface area contributed by atoms with E-state index >= 15 is 0 Å². The van der Waals surface area contributed by atoms with Crippen molar-refractivity contribution in [3.05, 3.63) is 58.8 Å². The Hall–Kier alpha value is -3.28. The van der Waals surface area contributed by atoms with Crippen LogP contribution in [0.1, 0.15) is 0 Å². The number of ether oxygens (including phenoxy) is 2. The van der Waals surface area contributed by atoms with Gasteiger partial charge in [-0.05, 0) is 42.5 Å². The maximum Gasteiger partial charge on any atom is 0.411 e. The third-order valence-electron chi connectivity index (χ3n) is 3.54. The number of methoxy groups -OCH3 is 2. The van der Waals surface area contributed by atoms with Gasteiger partial charge in [-0.25, -0.2) is 4.79 Å².